The number of carbonyl (C=O) groups excluding carboxylic acids is 1. The van der Waals surface area contributed by atoms with Crippen LogP contribution in [0.15, 0.2) is 0 Å². The maximum Gasteiger partial charge on any atom is 0.302 e. The molecule has 7 nitrogen and oxygen atoms in total. The lowest BCUT2D eigenvalue weighted by molar-refractivity contribution is -0.309. The van der Waals surface area contributed by atoms with Gasteiger partial charge in [-0.05, 0) is 20.8 Å². The molecule has 0 bridgehead atoms. The molecule has 5 atom stereocenters. The van der Waals surface area contributed by atoms with Crippen molar-refractivity contribution in [2.45, 2.75) is 58.4 Å². The molecule has 21 heavy (non-hydrogen) atoms. The van der Waals surface area contributed by atoms with E-state index in [0.29, 0.717) is 19.8 Å². The van der Waals surface area contributed by atoms with Crippen LogP contribution in [0.3, 0.4) is 0 Å². The van der Waals surface area contributed by atoms with Crippen LogP contribution in [-0.4, -0.2) is 68.2 Å². The normalized spacial score (nSPS) is 32.9. The maximum absolute atomic E-state index is 11.0. The van der Waals surface area contributed by atoms with Gasteiger partial charge in [0.1, 0.15) is 31.0 Å². The van der Waals surface area contributed by atoms with Crippen LogP contribution in [0.1, 0.15) is 27.7 Å². The molecule has 0 aromatic carbocycles. The molecule has 0 spiro atoms. The summed E-state index contributed by atoms with van der Waals surface area (Å²) in [5, 5.41) is 10.1. The van der Waals surface area contributed by atoms with Crippen molar-refractivity contribution in [2.75, 3.05) is 26.4 Å². The molecular weight excluding hydrogens is 280 g/mol. The van der Waals surface area contributed by atoms with E-state index in [9.17, 15) is 9.90 Å². The Hall–Kier alpha value is -0.730. The molecule has 0 aliphatic carbocycles. The molecule has 1 saturated heterocycles. The molecule has 1 aliphatic rings. The first-order valence-corrected chi connectivity index (χ1v) is 7.36. The quantitative estimate of drug-likeness (QED) is 0.653. The molecule has 1 fully saturated rings. The number of aliphatic hydroxyl groups excluding tert-OH is 1. The van der Waals surface area contributed by atoms with Crippen LogP contribution >= 0.6 is 0 Å². The highest BCUT2D eigenvalue weighted by Gasteiger charge is 2.47. The van der Waals surface area contributed by atoms with Crippen molar-refractivity contribution in [3.63, 3.8) is 0 Å². The molecule has 0 aromatic rings. The minimum absolute atomic E-state index is 0.000517. The van der Waals surface area contributed by atoms with Crippen LogP contribution in [0.5, 0.6) is 0 Å². The molecular formula is C14H26O7. The van der Waals surface area contributed by atoms with E-state index in [4.69, 9.17) is 23.7 Å². The van der Waals surface area contributed by atoms with E-state index in [1.165, 1.54) is 6.92 Å². The fourth-order valence-corrected chi connectivity index (χ4v) is 2.37. The monoisotopic (exact) mass is 306 g/mol. The van der Waals surface area contributed by atoms with E-state index in [1.54, 1.807) is 0 Å². The van der Waals surface area contributed by atoms with Gasteiger partial charge in [-0.1, -0.05) is 0 Å². The summed E-state index contributed by atoms with van der Waals surface area (Å²) >= 11 is 0. The Morgan fingerprint density at radius 2 is 1.52 bits per heavy atom. The van der Waals surface area contributed by atoms with Crippen molar-refractivity contribution in [2.24, 2.45) is 0 Å². The first kappa shape index (κ1) is 18.3. The van der Waals surface area contributed by atoms with Gasteiger partial charge in [-0.3, -0.25) is 4.79 Å². The van der Waals surface area contributed by atoms with Gasteiger partial charge in [-0.15, -0.1) is 0 Å². The molecule has 0 radical (unpaired) electrons. The molecule has 1 heterocycles. The fourth-order valence-electron chi connectivity index (χ4n) is 2.37. The van der Waals surface area contributed by atoms with Crippen LogP contribution in [0.25, 0.3) is 0 Å². The van der Waals surface area contributed by atoms with Gasteiger partial charge < -0.3 is 28.8 Å². The van der Waals surface area contributed by atoms with Crippen molar-refractivity contribution in [1.29, 1.82) is 0 Å². The SMILES string of the molecule is CCO[C@@H]1[C@@H](OCC)[C@@H](O)O[C@H](COC(C)=O)[C@@H]1OCC. The molecule has 0 amide bonds. The smallest absolute Gasteiger partial charge is 0.302 e. The summed E-state index contributed by atoms with van der Waals surface area (Å²) in [4.78, 5) is 11.0. The van der Waals surface area contributed by atoms with E-state index < -0.39 is 36.7 Å². The molecule has 1 rings (SSSR count). The number of aliphatic hydroxyl groups is 1. The lowest BCUT2D eigenvalue weighted by Gasteiger charge is -2.43. The minimum Gasteiger partial charge on any atom is -0.463 e. The van der Waals surface area contributed by atoms with Crippen molar-refractivity contribution in [1.82, 2.24) is 0 Å². The van der Waals surface area contributed by atoms with Crippen molar-refractivity contribution >= 4 is 5.97 Å². The largest absolute Gasteiger partial charge is 0.463 e. The van der Waals surface area contributed by atoms with Gasteiger partial charge >= 0.3 is 5.97 Å². The van der Waals surface area contributed by atoms with Crippen LogP contribution < -0.4 is 0 Å². The van der Waals surface area contributed by atoms with Crippen molar-refractivity contribution < 1.29 is 33.6 Å². The van der Waals surface area contributed by atoms with Gasteiger partial charge in [0.05, 0.1) is 0 Å². The van der Waals surface area contributed by atoms with Crippen LogP contribution in [0, 0.1) is 0 Å². The standard InChI is InChI=1S/C14H26O7/c1-5-17-11-10(8-20-9(4)15)21-14(16)13(19-7-3)12(11)18-6-2/h10-14,16H,5-8H2,1-4H3/t10-,11+,12+,13-,14+/m1/s1. The molecule has 0 saturated carbocycles. The van der Waals surface area contributed by atoms with E-state index in [2.05, 4.69) is 0 Å². The predicted octanol–water partition coefficient (Wildman–Crippen LogP) is 0.482. The molecule has 1 N–H and O–H groups in total. The lowest BCUT2D eigenvalue weighted by atomic mass is 9.98. The zero-order chi connectivity index (χ0) is 15.8. The highest BCUT2D eigenvalue weighted by atomic mass is 16.7. The number of carbonyl (C=O) groups is 1. The van der Waals surface area contributed by atoms with Crippen LogP contribution in [0.4, 0.5) is 0 Å². The molecule has 7 heteroatoms. The Labute approximate surface area is 125 Å². The number of rotatable bonds is 8. The minimum atomic E-state index is -1.15. The third-order valence-corrected chi connectivity index (χ3v) is 3.14. The van der Waals surface area contributed by atoms with E-state index in [-0.39, 0.29) is 6.61 Å². The summed E-state index contributed by atoms with van der Waals surface area (Å²) in [6.07, 6.45) is -3.36. The summed E-state index contributed by atoms with van der Waals surface area (Å²) in [7, 11) is 0. The Morgan fingerprint density at radius 3 is 2.05 bits per heavy atom. The number of ether oxygens (including phenoxy) is 5. The maximum atomic E-state index is 11.0. The van der Waals surface area contributed by atoms with Gasteiger partial charge in [-0.25, -0.2) is 0 Å². The van der Waals surface area contributed by atoms with Crippen LogP contribution in [-0.2, 0) is 28.5 Å². The lowest BCUT2D eigenvalue weighted by Crippen LogP contribution is -2.61. The van der Waals surface area contributed by atoms with Crippen molar-refractivity contribution in [3.8, 4) is 0 Å². The molecule has 124 valence electrons. The van der Waals surface area contributed by atoms with Gasteiger partial charge in [0.2, 0.25) is 0 Å². The first-order valence-electron chi connectivity index (χ1n) is 7.36. The van der Waals surface area contributed by atoms with E-state index >= 15 is 0 Å². The topological polar surface area (TPSA) is 83.5 Å². The fraction of sp³-hybridized carbons (Fsp3) is 0.929. The number of hydrogen-bond acceptors (Lipinski definition) is 7. The third-order valence-electron chi connectivity index (χ3n) is 3.14. The second-order valence-corrected chi connectivity index (χ2v) is 4.63. The highest BCUT2D eigenvalue weighted by Crippen LogP contribution is 2.27. The number of esters is 1. The molecule has 0 aromatic heterocycles. The first-order chi connectivity index (χ1) is 10.0. The van der Waals surface area contributed by atoms with E-state index in [0.717, 1.165) is 0 Å². The summed E-state index contributed by atoms with van der Waals surface area (Å²) in [5.41, 5.74) is 0. The van der Waals surface area contributed by atoms with Gasteiger partial charge in [0, 0.05) is 26.7 Å². The summed E-state index contributed by atoms with van der Waals surface area (Å²) in [6, 6.07) is 0. The Kier molecular flexibility index (Phi) is 8.13. The zero-order valence-electron chi connectivity index (χ0n) is 13.1. The average molecular weight is 306 g/mol. The second-order valence-electron chi connectivity index (χ2n) is 4.63. The Bertz CT molecular complexity index is 310. The highest BCUT2D eigenvalue weighted by molar-refractivity contribution is 5.65. The Balaban J connectivity index is 2.86. The Morgan fingerprint density at radius 1 is 1.00 bits per heavy atom. The number of hydrogen-bond donors (Lipinski definition) is 1. The third kappa shape index (κ3) is 5.19. The molecule has 1 aliphatic heterocycles. The molecule has 0 unspecified atom stereocenters. The van der Waals surface area contributed by atoms with E-state index in [1.807, 2.05) is 20.8 Å². The average Bonchev–Trinajstić information content (AvgIpc) is 2.44. The van der Waals surface area contributed by atoms with Gasteiger partial charge in [-0.2, -0.15) is 0 Å². The predicted molar refractivity (Wildman–Crippen MR) is 73.8 cm³/mol. The van der Waals surface area contributed by atoms with Crippen LogP contribution in [0.2, 0.25) is 0 Å². The van der Waals surface area contributed by atoms with Gasteiger partial charge in [0.15, 0.2) is 6.29 Å². The summed E-state index contributed by atoms with van der Waals surface area (Å²) in [5.74, 6) is -0.414. The van der Waals surface area contributed by atoms with Gasteiger partial charge in [0.25, 0.3) is 0 Å². The summed E-state index contributed by atoms with van der Waals surface area (Å²) < 4.78 is 27.4. The zero-order valence-corrected chi connectivity index (χ0v) is 13.1. The second kappa shape index (κ2) is 9.32. The summed E-state index contributed by atoms with van der Waals surface area (Å²) in [6.45, 7) is 8.17. The van der Waals surface area contributed by atoms with Crippen molar-refractivity contribution in [3.05, 3.63) is 0 Å².